The van der Waals surface area contributed by atoms with E-state index in [0.717, 1.165) is 23.0 Å². The van der Waals surface area contributed by atoms with Gasteiger partial charge in [-0.1, -0.05) is 58.0 Å². The van der Waals surface area contributed by atoms with Gasteiger partial charge in [0, 0.05) is 11.5 Å². The van der Waals surface area contributed by atoms with Gasteiger partial charge in [-0.05, 0) is 29.8 Å². The van der Waals surface area contributed by atoms with Gasteiger partial charge in [-0.25, -0.2) is 0 Å². The Morgan fingerprint density at radius 3 is 2.26 bits per heavy atom. The zero-order valence-electron chi connectivity index (χ0n) is 10.6. The van der Waals surface area contributed by atoms with Gasteiger partial charge < -0.3 is 4.74 Å². The Bertz CT molecular complexity index is 494. The molecule has 19 heavy (non-hydrogen) atoms. The van der Waals surface area contributed by atoms with E-state index in [-0.39, 0.29) is 0 Å². The molecule has 1 nitrogen and oxygen atoms in total. The van der Waals surface area contributed by atoms with Gasteiger partial charge in [0.1, 0.15) is 11.5 Å². The quantitative estimate of drug-likeness (QED) is 0.376. The summed E-state index contributed by atoms with van der Waals surface area (Å²) >= 11 is 0. The Morgan fingerprint density at radius 2 is 1.58 bits per heavy atom. The number of hydrogen-bond acceptors (Lipinski definition) is 3. The molecule has 0 saturated heterocycles. The fourth-order valence-corrected chi connectivity index (χ4v) is 3.32. The fourth-order valence-electron chi connectivity index (χ4n) is 1.48. The highest BCUT2D eigenvalue weighted by atomic mass is 33.1. The van der Waals surface area contributed by atoms with E-state index >= 15 is 0 Å². The summed E-state index contributed by atoms with van der Waals surface area (Å²) in [6, 6.07) is 18.1. The predicted molar refractivity (Wildman–Crippen MR) is 86.9 cm³/mol. The van der Waals surface area contributed by atoms with Crippen molar-refractivity contribution in [2.45, 2.75) is 5.75 Å². The van der Waals surface area contributed by atoms with E-state index in [9.17, 15) is 0 Å². The highest BCUT2D eigenvalue weighted by Gasteiger charge is 1.98. The molecule has 0 aliphatic heterocycles. The highest BCUT2D eigenvalue weighted by molar-refractivity contribution is 8.76. The van der Waals surface area contributed by atoms with Crippen LogP contribution in [0.3, 0.4) is 0 Å². The molecular weight excluding hydrogens is 272 g/mol. The average molecular weight is 288 g/mol. The number of benzene rings is 2. The summed E-state index contributed by atoms with van der Waals surface area (Å²) in [5.41, 5.74) is 1.31. The van der Waals surface area contributed by atoms with E-state index in [1.54, 1.807) is 0 Å². The van der Waals surface area contributed by atoms with Gasteiger partial charge in [-0.3, -0.25) is 0 Å². The lowest BCUT2D eigenvalue weighted by Crippen LogP contribution is -1.84. The van der Waals surface area contributed by atoms with Crippen LogP contribution in [0.5, 0.6) is 11.5 Å². The zero-order valence-corrected chi connectivity index (χ0v) is 12.3. The molecule has 0 heterocycles. The van der Waals surface area contributed by atoms with E-state index < -0.39 is 0 Å². The summed E-state index contributed by atoms with van der Waals surface area (Å²) in [4.78, 5) is 0. The Kier molecular flexibility index (Phi) is 5.92. The van der Waals surface area contributed by atoms with Crippen LogP contribution in [0.1, 0.15) is 5.56 Å². The first-order chi connectivity index (χ1) is 9.38. The van der Waals surface area contributed by atoms with Crippen LogP contribution in [0.2, 0.25) is 0 Å². The first kappa shape index (κ1) is 14.1. The minimum Gasteiger partial charge on any atom is -0.457 e. The van der Waals surface area contributed by atoms with Crippen LogP contribution >= 0.6 is 21.6 Å². The van der Waals surface area contributed by atoms with E-state index in [1.807, 2.05) is 70.1 Å². The van der Waals surface area contributed by atoms with Crippen LogP contribution in [-0.4, -0.2) is 5.75 Å². The van der Waals surface area contributed by atoms with Gasteiger partial charge in [-0.2, -0.15) is 0 Å². The monoisotopic (exact) mass is 288 g/mol. The lowest BCUT2D eigenvalue weighted by Gasteiger charge is -2.06. The Morgan fingerprint density at radius 1 is 0.895 bits per heavy atom. The van der Waals surface area contributed by atoms with Gasteiger partial charge in [0.2, 0.25) is 0 Å². The number of ether oxygens (including phenoxy) is 1. The molecule has 0 aliphatic rings. The third-order valence-corrected chi connectivity index (χ3v) is 4.65. The van der Waals surface area contributed by atoms with E-state index in [1.165, 1.54) is 5.56 Å². The fraction of sp³-hybridized carbons (Fsp3) is 0.125. The molecule has 0 amide bonds. The van der Waals surface area contributed by atoms with Crippen LogP contribution in [0.25, 0.3) is 0 Å². The Balaban J connectivity index is 1.86. The molecule has 2 aromatic carbocycles. The molecule has 0 aromatic heterocycles. The van der Waals surface area contributed by atoms with E-state index in [4.69, 9.17) is 4.74 Å². The molecular formula is C16H16OS2. The number of rotatable bonds is 7. The van der Waals surface area contributed by atoms with Crippen molar-refractivity contribution < 1.29 is 4.74 Å². The van der Waals surface area contributed by atoms with Crippen LogP contribution < -0.4 is 4.74 Å². The van der Waals surface area contributed by atoms with Crippen molar-refractivity contribution in [3.05, 3.63) is 72.8 Å². The van der Waals surface area contributed by atoms with Crippen LogP contribution in [0.15, 0.2) is 67.3 Å². The topological polar surface area (TPSA) is 9.23 Å². The number of para-hydroxylation sites is 1. The van der Waals surface area contributed by atoms with Crippen molar-refractivity contribution in [1.82, 2.24) is 0 Å². The van der Waals surface area contributed by atoms with Crippen molar-refractivity contribution >= 4 is 21.6 Å². The summed E-state index contributed by atoms with van der Waals surface area (Å²) in [5.74, 6) is 3.73. The molecule has 0 spiro atoms. The smallest absolute Gasteiger partial charge is 0.127 e. The first-order valence-corrected chi connectivity index (χ1v) is 8.54. The van der Waals surface area contributed by atoms with Crippen molar-refractivity contribution in [2.24, 2.45) is 0 Å². The maximum atomic E-state index is 5.75. The minimum atomic E-state index is 0.867. The lowest BCUT2D eigenvalue weighted by molar-refractivity contribution is 0.482. The van der Waals surface area contributed by atoms with E-state index in [0.29, 0.717) is 0 Å². The number of hydrogen-bond donors (Lipinski definition) is 0. The summed E-state index contributed by atoms with van der Waals surface area (Å²) < 4.78 is 5.75. The maximum Gasteiger partial charge on any atom is 0.127 e. The van der Waals surface area contributed by atoms with Gasteiger partial charge in [-0.15, -0.1) is 6.58 Å². The van der Waals surface area contributed by atoms with Crippen LogP contribution in [-0.2, 0) is 5.75 Å². The molecule has 0 radical (unpaired) electrons. The summed E-state index contributed by atoms with van der Waals surface area (Å²) in [7, 11) is 3.67. The Hall–Kier alpha value is -1.32. The first-order valence-electron chi connectivity index (χ1n) is 6.05. The predicted octanol–water partition coefficient (Wildman–Crippen LogP) is 5.55. The van der Waals surface area contributed by atoms with Crippen LogP contribution in [0.4, 0.5) is 0 Å². The largest absolute Gasteiger partial charge is 0.457 e. The molecule has 0 N–H and O–H groups in total. The molecule has 0 fully saturated rings. The lowest BCUT2D eigenvalue weighted by atomic mass is 10.2. The normalized spacial score (nSPS) is 10.1. The summed E-state index contributed by atoms with van der Waals surface area (Å²) in [6.45, 7) is 3.71. The highest BCUT2D eigenvalue weighted by Crippen LogP contribution is 2.27. The van der Waals surface area contributed by atoms with Crippen molar-refractivity contribution in [3.8, 4) is 11.5 Å². The van der Waals surface area contributed by atoms with E-state index in [2.05, 4.69) is 18.7 Å². The molecule has 3 heteroatoms. The third kappa shape index (κ3) is 5.05. The second-order valence-corrected chi connectivity index (χ2v) is 6.40. The van der Waals surface area contributed by atoms with Crippen molar-refractivity contribution in [2.75, 3.05) is 5.75 Å². The molecule has 0 aliphatic carbocycles. The third-order valence-electron chi connectivity index (χ3n) is 2.40. The zero-order chi connectivity index (χ0) is 13.3. The molecule has 0 unspecified atom stereocenters. The second-order valence-electron chi connectivity index (χ2n) is 3.89. The van der Waals surface area contributed by atoms with Crippen molar-refractivity contribution in [3.63, 3.8) is 0 Å². The summed E-state index contributed by atoms with van der Waals surface area (Å²) in [5, 5.41) is 0. The maximum absolute atomic E-state index is 5.75. The summed E-state index contributed by atoms with van der Waals surface area (Å²) in [6.07, 6.45) is 1.93. The van der Waals surface area contributed by atoms with Crippen molar-refractivity contribution in [1.29, 1.82) is 0 Å². The molecule has 2 rings (SSSR count). The van der Waals surface area contributed by atoms with Gasteiger partial charge in [0.15, 0.2) is 0 Å². The molecule has 2 aromatic rings. The SMILES string of the molecule is C=CCSSCc1ccc(Oc2ccccc2)cc1. The standard InChI is InChI=1S/C16H16OS2/c1-2-12-18-19-13-14-8-10-16(11-9-14)17-15-6-4-3-5-7-15/h2-11H,1,12-13H2. The average Bonchev–Trinajstić information content (AvgIpc) is 2.46. The molecule has 98 valence electrons. The van der Waals surface area contributed by atoms with Gasteiger partial charge in [0.05, 0.1) is 0 Å². The second kappa shape index (κ2) is 7.97. The molecule has 0 atom stereocenters. The van der Waals surface area contributed by atoms with Gasteiger partial charge in [0.25, 0.3) is 0 Å². The molecule has 0 bridgehead atoms. The Labute approximate surface area is 122 Å². The minimum absolute atomic E-state index is 0.867. The molecule has 0 saturated carbocycles. The van der Waals surface area contributed by atoms with Crippen LogP contribution in [0, 0.1) is 0 Å². The van der Waals surface area contributed by atoms with Gasteiger partial charge >= 0.3 is 0 Å².